The highest BCUT2D eigenvalue weighted by atomic mass is 35.5. The molecular weight excluding hydrogens is 415 g/mol. The second-order valence-corrected chi connectivity index (χ2v) is 8.42. The number of carbonyl (C=O) groups excluding carboxylic acids is 1. The summed E-state index contributed by atoms with van der Waals surface area (Å²) >= 11 is 7.56. The maximum Gasteiger partial charge on any atom is 0.280 e. The van der Waals surface area contributed by atoms with Crippen LogP contribution in [0.2, 0.25) is 4.34 Å². The molecule has 148 valence electrons. The zero-order chi connectivity index (χ0) is 18.6. The lowest BCUT2D eigenvalue weighted by atomic mass is 9.95. The van der Waals surface area contributed by atoms with Crippen LogP contribution >= 0.6 is 35.3 Å². The van der Waals surface area contributed by atoms with Crippen molar-refractivity contribution in [3.63, 3.8) is 0 Å². The first-order valence-corrected chi connectivity index (χ1v) is 10.3. The zero-order valence-corrected chi connectivity index (χ0v) is 17.6. The molecule has 28 heavy (non-hydrogen) atoms. The second kappa shape index (κ2) is 9.56. The van der Waals surface area contributed by atoms with Crippen molar-refractivity contribution in [3.8, 4) is 0 Å². The molecule has 3 heterocycles. The summed E-state index contributed by atoms with van der Waals surface area (Å²) in [6.45, 7) is 2.58. The van der Waals surface area contributed by atoms with Gasteiger partial charge in [-0.25, -0.2) is 0 Å². The molecule has 0 spiro atoms. The number of rotatable bonds is 5. The van der Waals surface area contributed by atoms with Crippen LogP contribution in [0.15, 0.2) is 48.5 Å². The van der Waals surface area contributed by atoms with Crippen molar-refractivity contribution in [3.05, 3.63) is 69.0 Å². The van der Waals surface area contributed by atoms with Crippen LogP contribution in [0.3, 0.4) is 0 Å². The van der Waals surface area contributed by atoms with E-state index in [0.717, 1.165) is 46.7 Å². The third-order valence-electron chi connectivity index (χ3n) is 4.77. The van der Waals surface area contributed by atoms with Crippen molar-refractivity contribution in [2.24, 2.45) is 0 Å². The number of carbonyl (C=O) groups is 1. The number of thiophene rings is 1. The maximum absolute atomic E-state index is 13.0. The van der Waals surface area contributed by atoms with Crippen molar-refractivity contribution >= 4 is 47.1 Å². The molecule has 8 heteroatoms. The van der Waals surface area contributed by atoms with Gasteiger partial charge in [-0.3, -0.25) is 4.79 Å². The first kappa shape index (κ1) is 20.9. The Bertz CT molecular complexity index is 919. The average molecular weight is 437 g/mol. The largest absolute Gasteiger partial charge is 0.365 e. The van der Waals surface area contributed by atoms with Gasteiger partial charge >= 0.3 is 0 Å². The van der Waals surface area contributed by atoms with E-state index in [9.17, 15) is 4.79 Å². The van der Waals surface area contributed by atoms with Gasteiger partial charge in [-0.1, -0.05) is 29.8 Å². The van der Waals surface area contributed by atoms with Crippen LogP contribution in [0, 0.1) is 0 Å². The molecule has 0 unspecified atom stereocenters. The van der Waals surface area contributed by atoms with E-state index in [-0.39, 0.29) is 18.3 Å². The van der Waals surface area contributed by atoms with Crippen LogP contribution in [0.5, 0.6) is 0 Å². The zero-order valence-electron chi connectivity index (χ0n) is 15.2. The highest BCUT2D eigenvalue weighted by Crippen LogP contribution is 2.28. The third-order valence-corrected chi connectivity index (χ3v) is 6.00. The lowest BCUT2D eigenvalue weighted by Gasteiger charge is -2.20. The summed E-state index contributed by atoms with van der Waals surface area (Å²) in [6.07, 6.45) is 2.08. The summed E-state index contributed by atoms with van der Waals surface area (Å²) in [5, 5.41) is 11.4. The van der Waals surface area contributed by atoms with Gasteiger partial charge in [-0.2, -0.15) is 9.78 Å². The molecule has 0 radical (unpaired) electrons. The van der Waals surface area contributed by atoms with Gasteiger partial charge in [0, 0.05) is 22.4 Å². The normalized spacial score (nSPS) is 14.5. The topological polar surface area (TPSA) is 59.0 Å². The van der Waals surface area contributed by atoms with Crippen LogP contribution in [-0.4, -0.2) is 28.8 Å². The van der Waals surface area contributed by atoms with Crippen LogP contribution in [0.4, 0.5) is 5.82 Å². The predicted octanol–water partition coefficient (Wildman–Crippen LogP) is 4.79. The fourth-order valence-electron chi connectivity index (χ4n) is 3.32. The van der Waals surface area contributed by atoms with Crippen molar-refractivity contribution in [1.82, 2.24) is 15.1 Å². The Morgan fingerprint density at radius 3 is 2.64 bits per heavy atom. The minimum Gasteiger partial charge on any atom is -0.365 e. The van der Waals surface area contributed by atoms with Crippen LogP contribution in [0.25, 0.3) is 0 Å². The summed E-state index contributed by atoms with van der Waals surface area (Å²) in [6, 6.07) is 15.2. The maximum atomic E-state index is 13.0. The minimum atomic E-state index is -0.123. The average Bonchev–Trinajstić information content (AvgIpc) is 3.33. The number of piperidine rings is 1. The molecule has 0 amide bonds. The van der Waals surface area contributed by atoms with Gasteiger partial charge in [0.1, 0.15) is 5.82 Å². The van der Waals surface area contributed by atoms with E-state index in [0.29, 0.717) is 18.0 Å². The third kappa shape index (κ3) is 4.75. The first-order chi connectivity index (χ1) is 13.2. The van der Waals surface area contributed by atoms with Crippen LogP contribution < -0.4 is 10.6 Å². The Morgan fingerprint density at radius 2 is 1.96 bits per heavy atom. The Balaban J connectivity index is 0.00000225. The molecular formula is C20H22Cl2N4OS. The summed E-state index contributed by atoms with van der Waals surface area (Å²) in [4.78, 5) is 14.1. The van der Waals surface area contributed by atoms with E-state index >= 15 is 0 Å². The van der Waals surface area contributed by atoms with E-state index in [1.807, 2.05) is 48.5 Å². The Kier molecular flexibility index (Phi) is 7.13. The summed E-state index contributed by atoms with van der Waals surface area (Å²) in [5.41, 5.74) is 1.60. The molecule has 5 nitrogen and oxygen atoms in total. The predicted molar refractivity (Wildman–Crippen MR) is 117 cm³/mol. The molecule has 1 aliphatic rings. The number of hydrogen-bond donors (Lipinski definition) is 2. The Hall–Kier alpha value is -1.86. The smallest absolute Gasteiger partial charge is 0.280 e. The van der Waals surface area contributed by atoms with Gasteiger partial charge in [0.15, 0.2) is 0 Å². The molecule has 1 saturated heterocycles. The number of nitrogens with one attached hydrogen (secondary N) is 2. The SMILES string of the molecule is Cl.O=C(c1ccccc1)n1nc(C2CCNCC2)cc1NCc1ccc(Cl)s1. The number of halogens is 2. The minimum absolute atomic E-state index is 0. The molecule has 2 N–H and O–H groups in total. The number of hydrogen-bond acceptors (Lipinski definition) is 5. The van der Waals surface area contributed by atoms with E-state index in [4.69, 9.17) is 11.6 Å². The highest BCUT2D eigenvalue weighted by molar-refractivity contribution is 7.16. The van der Waals surface area contributed by atoms with Gasteiger partial charge in [-0.15, -0.1) is 23.7 Å². The molecule has 0 aliphatic carbocycles. The molecule has 1 aliphatic heterocycles. The van der Waals surface area contributed by atoms with E-state index in [1.54, 1.807) is 0 Å². The van der Waals surface area contributed by atoms with E-state index in [2.05, 4.69) is 15.7 Å². The summed E-state index contributed by atoms with van der Waals surface area (Å²) < 4.78 is 2.26. The molecule has 4 rings (SSSR count). The van der Waals surface area contributed by atoms with Gasteiger partial charge in [0.05, 0.1) is 16.6 Å². The van der Waals surface area contributed by atoms with Crippen molar-refractivity contribution in [2.75, 3.05) is 18.4 Å². The Labute approximate surface area is 179 Å². The van der Waals surface area contributed by atoms with Gasteiger partial charge in [0.25, 0.3) is 5.91 Å². The lowest BCUT2D eigenvalue weighted by Crippen LogP contribution is -2.27. The van der Waals surface area contributed by atoms with E-state index in [1.165, 1.54) is 16.0 Å². The molecule has 0 saturated carbocycles. The second-order valence-electron chi connectivity index (χ2n) is 6.62. The van der Waals surface area contributed by atoms with Crippen LogP contribution in [-0.2, 0) is 6.54 Å². The summed E-state index contributed by atoms with van der Waals surface area (Å²) in [7, 11) is 0. The quantitative estimate of drug-likeness (QED) is 0.603. The van der Waals surface area contributed by atoms with Crippen LogP contribution in [0.1, 0.15) is 39.7 Å². The molecule has 0 bridgehead atoms. The molecule has 1 aromatic carbocycles. The molecule has 0 atom stereocenters. The molecule has 2 aromatic heterocycles. The number of nitrogens with zero attached hydrogens (tertiary/aromatic N) is 2. The van der Waals surface area contributed by atoms with E-state index < -0.39 is 0 Å². The van der Waals surface area contributed by atoms with Gasteiger partial charge in [-0.05, 0) is 50.2 Å². The Morgan fingerprint density at radius 1 is 1.21 bits per heavy atom. The lowest BCUT2D eigenvalue weighted by molar-refractivity contribution is 0.0947. The van der Waals surface area contributed by atoms with Gasteiger partial charge < -0.3 is 10.6 Å². The molecule has 1 fully saturated rings. The van der Waals surface area contributed by atoms with Crippen molar-refractivity contribution < 1.29 is 4.79 Å². The van der Waals surface area contributed by atoms with Gasteiger partial charge in [0.2, 0.25) is 0 Å². The molecule has 3 aromatic rings. The standard InChI is InChI=1S/C20H21ClN4OS.ClH/c21-18-7-6-16(27-18)13-23-19-12-17(14-8-10-22-11-9-14)24-25(19)20(26)15-4-2-1-3-5-15;/h1-7,12,14,22-23H,8-11,13H2;1H. The fraction of sp³-hybridized carbons (Fsp3) is 0.300. The number of aromatic nitrogens is 2. The highest BCUT2D eigenvalue weighted by Gasteiger charge is 2.22. The first-order valence-electron chi connectivity index (χ1n) is 9.09. The summed E-state index contributed by atoms with van der Waals surface area (Å²) in [5.74, 6) is 0.984. The van der Waals surface area contributed by atoms with Crippen molar-refractivity contribution in [1.29, 1.82) is 0 Å². The van der Waals surface area contributed by atoms with Crippen molar-refractivity contribution in [2.45, 2.75) is 25.3 Å². The number of benzene rings is 1. The fourth-order valence-corrected chi connectivity index (χ4v) is 4.35. The monoisotopic (exact) mass is 436 g/mol. The number of anilines is 1.